The van der Waals surface area contributed by atoms with E-state index in [0.717, 1.165) is 19.5 Å². The van der Waals surface area contributed by atoms with Crippen LogP contribution in [-0.2, 0) is 15.4 Å². The van der Waals surface area contributed by atoms with Gasteiger partial charge < -0.3 is 4.90 Å². The molecule has 5 nitrogen and oxygen atoms in total. The monoisotopic (exact) mass is 429 g/mol. The van der Waals surface area contributed by atoms with Crippen molar-refractivity contribution in [2.45, 2.75) is 63.2 Å². The van der Waals surface area contributed by atoms with Crippen LogP contribution < -0.4 is 4.72 Å². The number of rotatable bonds is 9. The molecule has 2 heterocycles. The molecule has 1 aromatic carbocycles. The first-order valence-corrected chi connectivity index (χ1v) is 12.6. The van der Waals surface area contributed by atoms with E-state index in [9.17, 15) is 8.42 Å². The Hall–Kier alpha value is -1.92. The predicted octanol–water partition coefficient (Wildman–Crippen LogP) is 5.06. The molecular weight excluding hydrogens is 394 g/mol. The summed E-state index contributed by atoms with van der Waals surface area (Å²) >= 11 is 0. The van der Waals surface area contributed by atoms with E-state index in [1.807, 2.05) is 18.2 Å². The maximum Gasteiger partial charge on any atom is 0.263 e. The highest BCUT2D eigenvalue weighted by Gasteiger charge is 2.38. The number of piperidine rings is 1. The Balaban J connectivity index is 1.69. The van der Waals surface area contributed by atoms with E-state index in [1.54, 1.807) is 18.3 Å². The number of benzene rings is 1. The second-order valence-corrected chi connectivity index (χ2v) is 10.5. The molecule has 0 amide bonds. The quantitative estimate of drug-likeness (QED) is 0.566. The fourth-order valence-electron chi connectivity index (χ4n) is 4.37. The number of aromatic nitrogens is 1. The third-order valence-electron chi connectivity index (χ3n) is 6.61. The minimum atomic E-state index is -3.64. The normalized spacial score (nSPS) is 22.7. The number of nitrogens with zero attached hydrogens (tertiary/aromatic N) is 2. The van der Waals surface area contributed by atoms with Crippen LogP contribution in [0.15, 0.2) is 53.7 Å². The lowest BCUT2D eigenvalue weighted by Gasteiger charge is -2.45. The first-order chi connectivity index (χ1) is 14.3. The van der Waals surface area contributed by atoms with Crippen LogP contribution in [-0.4, -0.2) is 37.9 Å². The van der Waals surface area contributed by atoms with Crippen LogP contribution >= 0.6 is 0 Å². The van der Waals surface area contributed by atoms with Crippen molar-refractivity contribution in [3.05, 3.63) is 54.4 Å². The third kappa shape index (κ3) is 5.41. The van der Waals surface area contributed by atoms with Gasteiger partial charge in [-0.2, -0.15) is 0 Å². The average Bonchev–Trinajstić information content (AvgIpc) is 2.74. The van der Waals surface area contributed by atoms with Crippen molar-refractivity contribution in [1.82, 2.24) is 9.88 Å². The van der Waals surface area contributed by atoms with Crippen LogP contribution in [0.25, 0.3) is 0 Å². The van der Waals surface area contributed by atoms with Gasteiger partial charge >= 0.3 is 0 Å². The van der Waals surface area contributed by atoms with Crippen LogP contribution in [0, 0.1) is 5.92 Å². The molecule has 1 N–H and O–H groups in total. The minimum Gasteiger partial charge on any atom is -0.303 e. The summed E-state index contributed by atoms with van der Waals surface area (Å²) in [5.74, 6) is 0.502. The van der Waals surface area contributed by atoms with Crippen molar-refractivity contribution >= 4 is 15.7 Å². The van der Waals surface area contributed by atoms with Gasteiger partial charge in [0, 0.05) is 24.6 Å². The van der Waals surface area contributed by atoms with E-state index in [2.05, 4.69) is 41.4 Å². The summed E-state index contributed by atoms with van der Waals surface area (Å²) in [7, 11) is -3.64. The number of sulfonamides is 1. The molecule has 164 valence electrons. The summed E-state index contributed by atoms with van der Waals surface area (Å²) in [4.78, 5) is 6.69. The molecule has 0 saturated carbocycles. The first-order valence-electron chi connectivity index (χ1n) is 11.1. The fraction of sp³-hybridized carbons (Fsp3) is 0.542. The van der Waals surface area contributed by atoms with Crippen LogP contribution in [0.1, 0.15) is 58.4 Å². The third-order valence-corrected chi connectivity index (χ3v) is 7.98. The van der Waals surface area contributed by atoms with E-state index in [1.165, 1.54) is 44.0 Å². The molecule has 1 saturated heterocycles. The van der Waals surface area contributed by atoms with Gasteiger partial charge in [-0.15, -0.1) is 0 Å². The van der Waals surface area contributed by atoms with Gasteiger partial charge in [-0.05, 0) is 67.1 Å². The molecule has 2 atom stereocenters. The molecule has 1 fully saturated rings. The molecule has 0 aliphatic carbocycles. The molecule has 2 aromatic rings. The van der Waals surface area contributed by atoms with Crippen molar-refractivity contribution in [2.75, 3.05) is 24.4 Å². The second-order valence-electron chi connectivity index (χ2n) is 8.80. The Kier molecular flexibility index (Phi) is 7.53. The highest BCUT2D eigenvalue weighted by molar-refractivity contribution is 7.92. The topological polar surface area (TPSA) is 62.3 Å². The van der Waals surface area contributed by atoms with Gasteiger partial charge in [0.15, 0.2) is 0 Å². The summed E-state index contributed by atoms with van der Waals surface area (Å²) in [5, 5.41) is 0. The van der Waals surface area contributed by atoms with Crippen molar-refractivity contribution in [2.24, 2.45) is 5.92 Å². The smallest absolute Gasteiger partial charge is 0.263 e. The molecular formula is C24H35N3O2S. The zero-order valence-corrected chi connectivity index (χ0v) is 19.3. The SMILES string of the molecule is CCCCCCN1CCC(C)(c2cccc(NS(=O)(=O)c3cccnc3)c2)C(C)C1. The zero-order chi connectivity index (χ0) is 21.6. The van der Waals surface area contributed by atoms with Gasteiger partial charge in [-0.25, -0.2) is 8.42 Å². The number of nitrogens with one attached hydrogen (secondary N) is 1. The molecule has 0 radical (unpaired) electrons. The van der Waals surface area contributed by atoms with E-state index >= 15 is 0 Å². The number of pyridine rings is 1. The molecule has 0 spiro atoms. The Morgan fingerprint density at radius 1 is 1.20 bits per heavy atom. The molecule has 1 aromatic heterocycles. The molecule has 30 heavy (non-hydrogen) atoms. The Morgan fingerprint density at radius 2 is 2.03 bits per heavy atom. The lowest BCUT2D eigenvalue weighted by Crippen LogP contribution is -2.47. The highest BCUT2D eigenvalue weighted by atomic mass is 32.2. The van der Waals surface area contributed by atoms with Gasteiger partial charge in [0.05, 0.1) is 0 Å². The van der Waals surface area contributed by atoms with Gasteiger partial charge in [-0.3, -0.25) is 9.71 Å². The number of unbranched alkanes of at least 4 members (excludes halogenated alkanes) is 3. The van der Waals surface area contributed by atoms with Crippen LogP contribution in [0.5, 0.6) is 0 Å². The van der Waals surface area contributed by atoms with E-state index < -0.39 is 10.0 Å². The van der Waals surface area contributed by atoms with E-state index in [-0.39, 0.29) is 10.3 Å². The summed E-state index contributed by atoms with van der Waals surface area (Å²) in [5.41, 5.74) is 1.84. The number of hydrogen-bond acceptors (Lipinski definition) is 4. The van der Waals surface area contributed by atoms with Crippen LogP contribution in [0.2, 0.25) is 0 Å². The summed E-state index contributed by atoms with van der Waals surface area (Å²) in [6.45, 7) is 10.3. The van der Waals surface area contributed by atoms with Crippen molar-refractivity contribution in [3.63, 3.8) is 0 Å². The lowest BCUT2D eigenvalue weighted by atomic mass is 9.68. The average molecular weight is 430 g/mol. The summed E-state index contributed by atoms with van der Waals surface area (Å²) in [6, 6.07) is 11.1. The molecule has 1 aliphatic rings. The Morgan fingerprint density at radius 3 is 2.73 bits per heavy atom. The zero-order valence-electron chi connectivity index (χ0n) is 18.5. The van der Waals surface area contributed by atoms with E-state index in [0.29, 0.717) is 11.6 Å². The molecule has 6 heteroatoms. The minimum absolute atomic E-state index is 0.0374. The first kappa shape index (κ1) is 22.8. The molecule has 1 aliphatic heterocycles. The molecule has 2 unspecified atom stereocenters. The highest BCUT2D eigenvalue weighted by Crippen LogP contribution is 2.40. The van der Waals surface area contributed by atoms with Crippen molar-refractivity contribution < 1.29 is 8.42 Å². The predicted molar refractivity (Wildman–Crippen MR) is 123 cm³/mol. The van der Waals surface area contributed by atoms with Crippen molar-refractivity contribution in [1.29, 1.82) is 0 Å². The van der Waals surface area contributed by atoms with E-state index in [4.69, 9.17) is 0 Å². The lowest BCUT2D eigenvalue weighted by molar-refractivity contribution is 0.109. The number of likely N-dealkylation sites (tertiary alicyclic amines) is 1. The second kappa shape index (κ2) is 9.92. The molecule has 3 rings (SSSR count). The van der Waals surface area contributed by atoms with Gasteiger partial charge in [0.2, 0.25) is 0 Å². The van der Waals surface area contributed by atoms with Crippen LogP contribution in [0.3, 0.4) is 0 Å². The van der Waals surface area contributed by atoms with Crippen LogP contribution in [0.4, 0.5) is 5.69 Å². The Labute approximate surface area is 182 Å². The molecule has 0 bridgehead atoms. The summed E-state index contributed by atoms with van der Waals surface area (Å²) in [6.07, 6.45) is 9.21. The fourth-order valence-corrected chi connectivity index (χ4v) is 5.38. The van der Waals surface area contributed by atoms with Crippen molar-refractivity contribution in [3.8, 4) is 0 Å². The maximum absolute atomic E-state index is 12.7. The van der Waals surface area contributed by atoms with Gasteiger partial charge in [-0.1, -0.05) is 52.2 Å². The maximum atomic E-state index is 12.7. The number of hydrogen-bond donors (Lipinski definition) is 1. The largest absolute Gasteiger partial charge is 0.303 e. The standard InChI is InChI=1S/C24H35N3O2S/c1-4-5-6-7-15-27-16-13-24(3,20(2)19-27)21-10-8-11-22(17-21)26-30(28,29)23-12-9-14-25-18-23/h8-12,14,17-18,20,26H,4-7,13,15-16,19H2,1-3H3. The summed E-state index contributed by atoms with van der Waals surface area (Å²) < 4.78 is 28.0. The Bertz CT molecular complexity index is 917. The van der Waals surface area contributed by atoms with Gasteiger partial charge in [0.25, 0.3) is 10.0 Å². The van der Waals surface area contributed by atoms with Gasteiger partial charge in [0.1, 0.15) is 4.90 Å². The number of anilines is 1.